The first-order chi connectivity index (χ1) is 14.2. The van der Waals surface area contributed by atoms with Crippen molar-refractivity contribution in [3.8, 4) is 16.9 Å². The van der Waals surface area contributed by atoms with Crippen molar-refractivity contribution in [2.24, 2.45) is 5.92 Å². The van der Waals surface area contributed by atoms with Gasteiger partial charge in [0.05, 0.1) is 5.75 Å². The van der Waals surface area contributed by atoms with Crippen LogP contribution in [0.5, 0.6) is 5.75 Å². The average Bonchev–Trinajstić information content (AvgIpc) is 2.68. The number of nitrogens with zero attached hydrogens (tertiary/aromatic N) is 2. The molecule has 0 aliphatic carbocycles. The third-order valence-electron chi connectivity index (χ3n) is 5.62. The van der Waals surface area contributed by atoms with Crippen LogP contribution in [0.1, 0.15) is 18.0 Å². The number of carbonyl (C=O) groups excluding carboxylic acids is 1. The fraction of sp³-hybridized carbons (Fsp3) is 0.429. The van der Waals surface area contributed by atoms with Gasteiger partial charge in [0.15, 0.2) is 0 Å². The van der Waals surface area contributed by atoms with Gasteiger partial charge in [-0.3, -0.25) is 9.59 Å². The van der Waals surface area contributed by atoms with Crippen molar-refractivity contribution >= 4 is 17.7 Å². The van der Waals surface area contributed by atoms with E-state index in [4.69, 9.17) is 0 Å². The number of pyridine rings is 1. The third-order valence-corrected chi connectivity index (χ3v) is 6.16. The van der Waals surface area contributed by atoms with Gasteiger partial charge in [0.25, 0.3) is 5.56 Å². The summed E-state index contributed by atoms with van der Waals surface area (Å²) >= 11 is 1.51. The highest BCUT2D eigenvalue weighted by atomic mass is 32.2. The van der Waals surface area contributed by atoms with Crippen LogP contribution >= 0.6 is 11.8 Å². The topological polar surface area (TPSA) is 51.5 Å². The molecule has 2 atom stereocenters. The van der Waals surface area contributed by atoms with Crippen LogP contribution in [-0.2, 0) is 11.3 Å². The fourth-order valence-electron chi connectivity index (χ4n) is 4.42. The van der Waals surface area contributed by atoms with Gasteiger partial charge in [0.2, 0.25) is 5.91 Å². The third kappa shape index (κ3) is 4.21. The van der Waals surface area contributed by atoms with Gasteiger partial charge in [0, 0.05) is 36.8 Å². The molecule has 2 aliphatic heterocycles. The Morgan fingerprint density at radius 1 is 1.13 bits per heavy atom. The van der Waals surface area contributed by atoms with Gasteiger partial charge in [-0.2, -0.15) is 11.8 Å². The molecule has 1 aromatic heterocycles. The molecule has 0 unspecified atom stereocenters. The van der Waals surface area contributed by atoms with Crippen molar-refractivity contribution in [1.29, 1.82) is 0 Å². The summed E-state index contributed by atoms with van der Waals surface area (Å²) in [5, 5.41) is 0. The Labute approximate surface area is 175 Å². The molecule has 2 bridgehead atoms. The number of benzene rings is 1. The Hall–Kier alpha value is -2.42. The van der Waals surface area contributed by atoms with Gasteiger partial charge in [-0.05, 0) is 48.4 Å². The van der Waals surface area contributed by atoms with Crippen molar-refractivity contribution in [1.82, 2.24) is 9.47 Å². The first-order valence-electron chi connectivity index (χ1n) is 9.62. The lowest BCUT2D eigenvalue weighted by Gasteiger charge is -2.43. The van der Waals surface area contributed by atoms with Gasteiger partial charge < -0.3 is 14.2 Å². The molecule has 0 saturated carbocycles. The molecule has 4 rings (SSSR count). The minimum Gasteiger partial charge on any atom is -0.406 e. The molecule has 1 saturated heterocycles. The second-order valence-electron chi connectivity index (χ2n) is 7.69. The standard InChI is InChI=1S/C21H21F3N2O3S/c1-30-12-19(27)25-9-13-8-15(11-25)18-7-6-17(20(28)26(18)10-13)14-2-4-16(5-3-14)29-21(22,23)24/h2-7,13,15H,8-12H2,1H3/t13-,15-/m1/s1. The second-order valence-corrected chi connectivity index (χ2v) is 8.56. The van der Waals surface area contributed by atoms with Crippen LogP contribution in [-0.4, -0.2) is 46.8 Å². The molecule has 2 aliphatic rings. The summed E-state index contributed by atoms with van der Waals surface area (Å²) < 4.78 is 42.7. The van der Waals surface area contributed by atoms with Crippen LogP contribution in [0.25, 0.3) is 11.1 Å². The summed E-state index contributed by atoms with van der Waals surface area (Å²) in [4.78, 5) is 27.4. The normalized spacial score (nSPS) is 20.6. The monoisotopic (exact) mass is 438 g/mol. The Balaban J connectivity index is 1.60. The molecule has 30 heavy (non-hydrogen) atoms. The highest BCUT2D eigenvalue weighted by Crippen LogP contribution is 2.36. The Morgan fingerprint density at radius 3 is 2.53 bits per heavy atom. The molecule has 1 aromatic carbocycles. The minimum absolute atomic E-state index is 0.118. The van der Waals surface area contributed by atoms with E-state index in [9.17, 15) is 22.8 Å². The summed E-state index contributed by atoms with van der Waals surface area (Å²) in [6.45, 7) is 1.80. The number of likely N-dealkylation sites (tertiary alicyclic amines) is 1. The molecule has 0 spiro atoms. The molecule has 1 amide bonds. The SMILES string of the molecule is CSCC(=O)N1C[C@H]2C[C@H](C1)c1ccc(-c3ccc(OC(F)(F)F)cc3)c(=O)n1C2. The largest absolute Gasteiger partial charge is 0.573 e. The molecular weight excluding hydrogens is 417 g/mol. The van der Waals surface area contributed by atoms with E-state index in [1.54, 1.807) is 10.6 Å². The number of thioether (sulfide) groups is 1. The molecule has 3 heterocycles. The van der Waals surface area contributed by atoms with E-state index in [1.807, 2.05) is 17.2 Å². The predicted octanol–water partition coefficient (Wildman–Crippen LogP) is 3.72. The van der Waals surface area contributed by atoms with E-state index in [-0.39, 0.29) is 29.1 Å². The molecule has 9 heteroatoms. The Morgan fingerprint density at radius 2 is 1.87 bits per heavy atom. The molecule has 160 valence electrons. The second kappa shape index (κ2) is 8.02. The van der Waals surface area contributed by atoms with E-state index in [2.05, 4.69) is 4.74 Å². The van der Waals surface area contributed by atoms with Crippen molar-refractivity contribution in [3.63, 3.8) is 0 Å². The van der Waals surface area contributed by atoms with E-state index in [1.165, 1.54) is 36.0 Å². The highest BCUT2D eigenvalue weighted by Gasteiger charge is 2.36. The van der Waals surface area contributed by atoms with Gasteiger partial charge in [-0.25, -0.2) is 0 Å². The smallest absolute Gasteiger partial charge is 0.406 e. The zero-order valence-corrected chi connectivity index (χ0v) is 17.1. The van der Waals surface area contributed by atoms with Crippen molar-refractivity contribution < 1.29 is 22.7 Å². The number of halogens is 3. The number of fused-ring (bicyclic) bond motifs is 4. The lowest BCUT2D eigenvalue weighted by atomic mass is 9.82. The number of alkyl halides is 3. The zero-order valence-electron chi connectivity index (χ0n) is 16.3. The average molecular weight is 438 g/mol. The fourth-order valence-corrected chi connectivity index (χ4v) is 4.85. The summed E-state index contributed by atoms with van der Waals surface area (Å²) in [7, 11) is 0. The van der Waals surface area contributed by atoms with E-state index in [0.29, 0.717) is 36.5 Å². The maximum Gasteiger partial charge on any atom is 0.573 e. The number of ether oxygens (including phenoxy) is 1. The van der Waals surface area contributed by atoms with Gasteiger partial charge in [0.1, 0.15) is 5.75 Å². The van der Waals surface area contributed by atoms with Crippen LogP contribution in [0.3, 0.4) is 0 Å². The van der Waals surface area contributed by atoms with E-state index >= 15 is 0 Å². The van der Waals surface area contributed by atoms with Gasteiger partial charge in [-0.1, -0.05) is 12.1 Å². The summed E-state index contributed by atoms with van der Waals surface area (Å²) in [6.07, 6.45) is -1.90. The number of hydrogen-bond acceptors (Lipinski definition) is 4. The van der Waals surface area contributed by atoms with Gasteiger partial charge in [-0.15, -0.1) is 13.2 Å². The summed E-state index contributed by atoms with van der Waals surface area (Å²) in [5.41, 5.74) is 1.74. The van der Waals surface area contributed by atoms with Crippen LogP contribution in [0.4, 0.5) is 13.2 Å². The molecule has 1 fully saturated rings. The summed E-state index contributed by atoms with van der Waals surface area (Å²) in [6, 6.07) is 8.94. The van der Waals surface area contributed by atoms with Crippen LogP contribution in [0.2, 0.25) is 0 Å². The number of amides is 1. The highest BCUT2D eigenvalue weighted by molar-refractivity contribution is 7.99. The number of hydrogen-bond donors (Lipinski definition) is 0. The van der Waals surface area contributed by atoms with Crippen LogP contribution in [0.15, 0.2) is 41.2 Å². The Bertz CT molecular complexity index is 1000. The lowest BCUT2D eigenvalue weighted by Crippen LogP contribution is -2.49. The van der Waals surface area contributed by atoms with Crippen LogP contribution < -0.4 is 10.3 Å². The predicted molar refractivity (Wildman–Crippen MR) is 109 cm³/mol. The van der Waals surface area contributed by atoms with Crippen molar-refractivity contribution in [2.45, 2.75) is 25.2 Å². The van der Waals surface area contributed by atoms with Crippen molar-refractivity contribution in [2.75, 3.05) is 25.1 Å². The maximum absolute atomic E-state index is 13.1. The maximum atomic E-state index is 13.1. The zero-order chi connectivity index (χ0) is 21.5. The molecule has 5 nitrogen and oxygen atoms in total. The molecule has 2 aromatic rings. The first-order valence-corrected chi connectivity index (χ1v) is 11.0. The molecule has 0 radical (unpaired) electrons. The van der Waals surface area contributed by atoms with Crippen molar-refractivity contribution in [3.05, 3.63) is 52.4 Å². The number of aromatic nitrogens is 1. The number of rotatable bonds is 4. The molecular formula is C21H21F3N2O3S. The Kier molecular flexibility index (Phi) is 5.57. The number of piperidine rings is 1. The van der Waals surface area contributed by atoms with Crippen LogP contribution in [0, 0.1) is 5.92 Å². The molecule has 0 N–H and O–H groups in total. The quantitative estimate of drug-likeness (QED) is 0.730. The minimum atomic E-state index is -4.75. The summed E-state index contributed by atoms with van der Waals surface area (Å²) in [5.74, 6) is 0.601. The van der Waals surface area contributed by atoms with E-state index < -0.39 is 6.36 Å². The van der Waals surface area contributed by atoms with Gasteiger partial charge >= 0.3 is 6.36 Å². The van der Waals surface area contributed by atoms with E-state index in [0.717, 1.165) is 12.1 Å². The first kappa shape index (κ1) is 20.8. The number of carbonyl (C=O) groups is 1. The lowest BCUT2D eigenvalue weighted by molar-refractivity contribution is -0.274.